The molecule has 2 rings (SSSR count). The molecule has 1 aromatic heterocycles. The van der Waals surface area contributed by atoms with Crippen molar-refractivity contribution in [1.29, 1.82) is 0 Å². The van der Waals surface area contributed by atoms with Crippen LogP contribution < -0.4 is 4.90 Å². The number of aromatic nitrogens is 1. The lowest BCUT2D eigenvalue weighted by atomic mass is 10.1. The quantitative estimate of drug-likeness (QED) is 0.799. The fourth-order valence-corrected chi connectivity index (χ4v) is 2.91. The monoisotopic (exact) mass is 297 g/mol. The molecule has 0 bridgehead atoms. The molecule has 1 aromatic rings. The van der Waals surface area contributed by atoms with Crippen LogP contribution in [0.15, 0.2) is 18.3 Å². The van der Waals surface area contributed by atoms with Crippen LogP contribution in [0.25, 0.3) is 0 Å². The van der Waals surface area contributed by atoms with Crippen molar-refractivity contribution in [2.45, 2.75) is 25.2 Å². The summed E-state index contributed by atoms with van der Waals surface area (Å²) in [6.07, 6.45) is 1.89. The molecule has 94 valence electrons. The van der Waals surface area contributed by atoms with Gasteiger partial charge in [-0.2, -0.15) is 0 Å². The van der Waals surface area contributed by atoms with Crippen molar-refractivity contribution in [3.05, 3.63) is 23.9 Å². The first-order valence-electron chi connectivity index (χ1n) is 6.25. The predicted octanol–water partition coefficient (Wildman–Crippen LogP) is 2.51. The molecule has 0 N–H and O–H groups in total. The minimum atomic E-state index is 0.610. The van der Waals surface area contributed by atoms with Gasteiger partial charge in [0.25, 0.3) is 0 Å². The highest BCUT2D eigenvalue weighted by atomic mass is 79.9. The first kappa shape index (κ1) is 12.8. The van der Waals surface area contributed by atoms with E-state index >= 15 is 0 Å². The van der Waals surface area contributed by atoms with Crippen molar-refractivity contribution in [2.24, 2.45) is 0 Å². The zero-order valence-corrected chi connectivity index (χ0v) is 12.2. The Balaban J connectivity index is 2.13. The number of pyridine rings is 1. The summed E-state index contributed by atoms with van der Waals surface area (Å²) in [4.78, 5) is 9.47. The van der Waals surface area contributed by atoms with Crippen molar-refractivity contribution in [3.63, 3.8) is 0 Å². The number of rotatable bonds is 3. The van der Waals surface area contributed by atoms with Crippen LogP contribution in [0.4, 0.5) is 5.82 Å². The lowest BCUT2D eigenvalue weighted by Crippen LogP contribution is -2.52. The first-order valence-corrected chi connectivity index (χ1v) is 7.37. The lowest BCUT2D eigenvalue weighted by molar-refractivity contribution is 0.199. The van der Waals surface area contributed by atoms with Gasteiger partial charge in [-0.25, -0.2) is 4.98 Å². The minimum Gasteiger partial charge on any atom is -0.354 e. The number of alkyl halides is 1. The summed E-state index contributed by atoms with van der Waals surface area (Å²) < 4.78 is 0. The summed E-state index contributed by atoms with van der Waals surface area (Å²) in [6, 6.07) is 4.76. The number of halogens is 1. The summed E-state index contributed by atoms with van der Waals surface area (Å²) in [6.45, 7) is 8.96. The topological polar surface area (TPSA) is 19.4 Å². The summed E-state index contributed by atoms with van der Waals surface area (Å²) in [5.41, 5.74) is 1.28. The molecule has 0 aromatic carbocycles. The van der Waals surface area contributed by atoms with Crippen LogP contribution in [0.5, 0.6) is 0 Å². The SMILES string of the molecule is CCN1CCN(c2ncccc2CBr)CC1C. The van der Waals surface area contributed by atoms with Crippen LogP contribution >= 0.6 is 15.9 Å². The summed E-state index contributed by atoms with van der Waals surface area (Å²) in [5, 5.41) is 0.874. The highest BCUT2D eigenvalue weighted by Crippen LogP contribution is 2.22. The van der Waals surface area contributed by atoms with E-state index in [9.17, 15) is 0 Å². The standard InChI is InChI=1S/C13H20BrN3/c1-3-16-7-8-17(10-11(16)2)13-12(9-14)5-4-6-15-13/h4-6,11H,3,7-10H2,1-2H3. The van der Waals surface area contributed by atoms with Crippen LogP contribution in [-0.4, -0.2) is 42.1 Å². The molecule has 0 saturated carbocycles. The van der Waals surface area contributed by atoms with E-state index in [-0.39, 0.29) is 0 Å². The molecule has 1 atom stereocenters. The van der Waals surface area contributed by atoms with Crippen molar-refractivity contribution in [2.75, 3.05) is 31.1 Å². The molecule has 0 amide bonds. The molecule has 0 aliphatic carbocycles. The van der Waals surface area contributed by atoms with Gasteiger partial charge in [0.15, 0.2) is 0 Å². The number of likely N-dealkylation sites (N-methyl/N-ethyl adjacent to an activating group) is 1. The largest absolute Gasteiger partial charge is 0.354 e. The van der Waals surface area contributed by atoms with E-state index in [1.54, 1.807) is 0 Å². The molecule has 3 nitrogen and oxygen atoms in total. The number of nitrogens with zero attached hydrogens (tertiary/aromatic N) is 3. The second kappa shape index (κ2) is 5.83. The molecule has 0 spiro atoms. The van der Waals surface area contributed by atoms with Crippen LogP contribution in [0.2, 0.25) is 0 Å². The highest BCUT2D eigenvalue weighted by Gasteiger charge is 2.24. The van der Waals surface area contributed by atoms with E-state index < -0.39 is 0 Å². The van der Waals surface area contributed by atoms with E-state index in [2.05, 4.69) is 50.6 Å². The maximum absolute atomic E-state index is 4.54. The van der Waals surface area contributed by atoms with Gasteiger partial charge in [0, 0.05) is 42.8 Å². The maximum atomic E-state index is 4.54. The zero-order chi connectivity index (χ0) is 12.3. The maximum Gasteiger partial charge on any atom is 0.132 e. The average Bonchev–Trinajstić information content (AvgIpc) is 2.38. The van der Waals surface area contributed by atoms with Gasteiger partial charge in [0.05, 0.1) is 0 Å². The smallest absolute Gasteiger partial charge is 0.132 e. The second-order valence-corrected chi connectivity index (χ2v) is 5.10. The summed E-state index contributed by atoms with van der Waals surface area (Å²) in [7, 11) is 0. The Kier molecular flexibility index (Phi) is 4.40. The zero-order valence-electron chi connectivity index (χ0n) is 10.6. The molecule has 4 heteroatoms. The van der Waals surface area contributed by atoms with Crippen LogP contribution in [0, 0.1) is 0 Å². The molecular formula is C13H20BrN3. The number of hydrogen-bond donors (Lipinski definition) is 0. The average molecular weight is 298 g/mol. The minimum absolute atomic E-state index is 0.610. The Hall–Kier alpha value is -0.610. The lowest BCUT2D eigenvalue weighted by Gasteiger charge is -2.40. The third-order valence-electron chi connectivity index (χ3n) is 3.48. The van der Waals surface area contributed by atoms with Crippen LogP contribution in [0.1, 0.15) is 19.4 Å². The van der Waals surface area contributed by atoms with E-state index in [4.69, 9.17) is 0 Å². The molecule has 17 heavy (non-hydrogen) atoms. The summed E-state index contributed by atoms with van der Waals surface area (Å²) >= 11 is 3.54. The van der Waals surface area contributed by atoms with E-state index in [1.807, 2.05) is 12.3 Å². The second-order valence-electron chi connectivity index (χ2n) is 4.54. The van der Waals surface area contributed by atoms with Gasteiger partial charge in [0.1, 0.15) is 5.82 Å². The molecule has 1 aliphatic rings. The molecule has 0 radical (unpaired) electrons. The van der Waals surface area contributed by atoms with Crippen LogP contribution in [0.3, 0.4) is 0 Å². The van der Waals surface area contributed by atoms with Crippen LogP contribution in [-0.2, 0) is 5.33 Å². The fraction of sp³-hybridized carbons (Fsp3) is 0.615. The Morgan fingerprint density at radius 3 is 2.94 bits per heavy atom. The third-order valence-corrected chi connectivity index (χ3v) is 4.09. The van der Waals surface area contributed by atoms with Crippen molar-refractivity contribution < 1.29 is 0 Å². The Bertz CT molecular complexity index is 369. The van der Waals surface area contributed by atoms with Gasteiger partial charge in [-0.05, 0) is 19.5 Å². The van der Waals surface area contributed by atoms with Gasteiger partial charge in [-0.15, -0.1) is 0 Å². The van der Waals surface area contributed by atoms with Gasteiger partial charge in [-0.3, -0.25) is 4.90 Å². The molecule has 1 fully saturated rings. The van der Waals surface area contributed by atoms with Crippen molar-refractivity contribution in [3.8, 4) is 0 Å². The number of anilines is 1. The Labute approximate surface area is 112 Å². The Morgan fingerprint density at radius 1 is 1.47 bits per heavy atom. The first-order chi connectivity index (χ1) is 8.26. The van der Waals surface area contributed by atoms with Gasteiger partial charge in [0.2, 0.25) is 0 Å². The summed E-state index contributed by atoms with van der Waals surface area (Å²) in [5.74, 6) is 1.15. The Morgan fingerprint density at radius 2 is 2.29 bits per heavy atom. The predicted molar refractivity (Wildman–Crippen MR) is 75.8 cm³/mol. The molecular weight excluding hydrogens is 278 g/mol. The van der Waals surface area contributed by atoms with E-state index in [0.29, 0.717) is 6.04 Å². The highest BCUT2D eigenvalue weighted by molar-refractivity contribution is 9.08. The fourth-order valence-electron chi connectivity index (χ4n) is 2.48. The number of hydrogen-bond acceptors (Lipinski definition) is 3. The molecule has 1 unspecified atom stereocenters. The number of piperazine rings is 1. The van der Waals surface area contributed by atoms with Gasteiger partial charge in [-0.1, -0.05) is 28.9 Å². The van der Waals surface area contributed by atoms with E-state index in [1.165, 1.54) is 5.56 Å². The molecule has 1 saturated heterocycles. The molecule has 1 aliphatic heterocycles. The van der Waals surface area contributed by atoms with E-state index in [0.717, 1.165) is 37.3 Å². The van der Waals surface area contributed by atoms with Gasteiger partial charge >= 0.3 is 0 Å². The van der Waals surface area contributed by atoms with Gasteiger partial charge < -0.3 is 4.90 Å². The normalized spacial score (nSPS) is 21.8. The van der Waals surface area contributed by atoms with Crippen molar-refractivity contribution >= 4 is 21.7 Å². The van der Waals surface area contributed by atoms with Crippen molar-refractivity contribution in [1.82, 2.24) is 9.88 Å². The molecule has 2 heterocycles. The third kappa shape index (κ3) is 2.80.